The smallest absolute Gasteiger partial charge is 0.326 e. The molecule has 0 saturated carbocycles. The van der Waals surface area contributed by atoms with E-state index in [1.807, 2.05) is 0 Å². The number of aromatic hydroxyl groups is 2. The molecule has 18 N–H and O–H groups in total. The average molecular weight is 1250 g/mol. The number of phenolic OH excluding ortho intramolecular Hbond substituents is 2. The third-order valence-corrected chi connectivity index (χ3v) is 13.8. The first-order valence-electron chi connectivity index (χ1n) is 28.0. The molecule has 30 nitrogen and oxygen atoms in total. The molecule has 0 spiro atoms. The van der Waals surface area contributed by atoms with Gasteiger partial charge in [-0.2, -0.15) is 0 Å². The van der Waals surface area contributed by atoms with Crippen molar-refractivity contribution >= 4 is 87.9 Å². The molecule has 5 rings (SSSR count). The highest BCUT2D eigenvalue weighted by Crippen LogP contribution is 2.21. The van der Waals surface area contributed by atoms with Crippen LogP contribution in [-0.4, -0.2) is 174 Å². The SMILES string of the molecule is CC(C)[C@H](NC(=O)[C@H](CC(=O)O)NC(=O)[C@H](Cc1ccccc1)NC(=O)[C@H](Cc1ccc(O)cc1)NC(=O)[C@H](Cc1c[nH]c2ccccc12)NC(=O)[C@H](CC(=O)O)NC(=O)CNC(=O)[C@H](Cc1ccc(O)cc1)NC(=O)[C@H](C)NC(=O)[C@@H](N)CC(=O)O)C(=O)O. The van der Waals surface area contributed by atoms with Gasteiger partial charge in [-0.05, 0) is 65.4 Å². The summed E-state index contributed by atoms with van der Waals surface area (Å²) in [6.07, 6.45) is -2.66. The Balaban J connectivity index is 1.42. The molecular formula is C60H71N11O19. The van der Waals surface area contributed by atoms with Crippen molar-refractivity contribution in [3.05, 3.63) is 132 Å². The van der Waals surface area contributed by atoms with E-state index in [1.54, 1.807) is 54.6 Å². The molecule has 90 heavy (non-hydrogen) atoms. The van der Waals surface area contributed by atoms with Gasteiger partial charge in [0.15, 0.2) is 0 Å². The van der Waals surface area contributed by atoms with E-state index >= 15 is 0 Å². The Bertz CT molecular complexity index is 3410. The van der Waals surface area contributed by atoms with Crippen LogP contribution in [0, 0.1) is 5.92 Å². The van der Waals surface area contributed by atoms with Crippen LogP contribution in [0.15, 0.2) is 109 Å². The minimum atomic E-state index is -1.98. The summed E-state index contributed by atoms with van der Waals surface area (Å²) in [6, 6.07) is 10.9. The molecule has 0 aliphatic heterocycles. The molecule has 9 atom stereocenters. The van der Waals surface area contributed by atoms with Crippen molar-refractivity contribution in [3.8, 4) is 11.5 Å². The van der Waals surface area contributed by atoms with Crippen molar-refractivity contribution in [3.63, 3.8) is 0 Å². The predicted molar refractivity (Wildman–Crippen MR) is 317 cm³/mol. The van der Waals surface area contributed by atoms with Gasteiger partial charge in [-0.3, -0.25) is 57.5 Å². The highest BCUT2D eigenvalue weighted by atomic mass is 16.4. The molecule has 480 valence electrons. The topological polar surface area (TPSA) is 493 Å². The van der Waals surface area contributed by atoms with E-state index in [0.717, 1.165) is 0 Å². The summed E-state index contributed by atoms with van der Waals surface area (Å²) in [6.45, 7) is 3.24. The van der Waals surface area contributed by atoms with Gasteiger partial charge >= 0.3 is 23.9 Å². The van der Waals surface area contributed by atoms with Crippen LogP contribution in [0.1, 0.15) is 62.3 Å². The van der Waals surface area contributed by atoms with Gasteiger partial charge in [-0.25, -0.2) is 4.79 Å². The van der Waals surface area contributed by atoms with Crippen LogP contribution in [0.5, 0.6) is 11.5 Å². The summed E-state index contributed by atoms with van der Waals surface area (Å²) in [5, 5.41) is 80.4. The Morgan fingerprint density at radius 2 is 0.844 bits per heavy atom. The fraction of sp³-hybridized carbons (Fsp3) is 0.350. The lowest BCUT2D eigenvalue weighted by molar-refractivity contribution is -0.144. The average Bonchev–Trinajstić information content (AvgIpc) is 3.01. The van der Waals surface area contributed by atoms with Crippen molar-refractivity contribution in [1.29, 1.82) is 0 Å². The first kappa shape index (κ1) is 69.9. The zero-order valence-corrected chi connectivity index (χ0v) is 48.9. The van der Waals surface area contributed by atoms with Crippen LogP contribution in [0.25, 0.3) is 10.9 Å². The largest absolute Gasteiger partial charge is 0.508 e. The lowest BCUT2D eigenvalue weighted by Crippen LogP contribution is -2.61. The highest BCUT2D eigenvalue weighted by Gasteiger charge is 2.36. The summed E-state index contributed by atoms with van der Waals surface area (Å²) in [7, 11) is 0. The molecule has 9 amide bonds. The fourth-order valence-corrected chi connectivity index (χ4v) is 9.07. The Labute approximate surface area is 513 Å². The van der Waals surface area contributed by atoms with Crippen molar-refractivity contribution in [1.82, 2.24) is 52.8 Å². The van der Waals surface area contributed by atoms with Gasteiger partial charge in [0, 0.05) is 42.8 Å². The van der Waals surface area contributed by atoms with Crippen LogP contribution in [0.2, 0.25) is 0 Å². The van der Waals surface area contributed by atoms with Crippen LogP contribution < -0.4 is 53.6 Å². The van der Waals surface area contributed by atoms with Crippen molar-refractivity contribution in [2.75, 3.05) is 6.54 Å². The van der Waals surface area contributed by atoms with Crippen LogP contribution >= 0.6 is 0 Å². The van der Waals surface area contributed by atoms with E-state index in [2.05, 4.69) is 52.8 Å². The molecule has 0 unspecified atom stereocenters. The third kappa shape index (κ3) is 22.1. The van der Waals surface area contributed by atoms with Crippen molar-refractivity contribution in [2.24, 2.45) is 11.7 Å². The maximum absolute atomic E-state index is 14.9. The number of carboxylic acids is 4. The number of carbonyl (C=O) groups is 13. The molecule has 0 saturated heterocycles. The zero-order chi connectivity index (χ0) is 66.4. The number of rotatable bonds is 34. The summed E-state index contributed by atoms with van der Waals surface area (Å²) < 4.78 is 0. The Morgan fingerprint density at radius 1 is 0.433 bits per heavy atom. The second kappa shape index (κ2) is 33.3. The molecule has 30 heteroatoms. The van der Waals surface area contributed by atoms with Gasteiger partial charge in [0.2, 0.25) is 53.2 Å². The Hall–Kier alpha value is -10.9. The van der Waals surface area contributed by atoms with E-state index in [0.29, 0.717) is 33.2 Å². The molecule has 0 fully saturated rings. The molecule has 0 aliphatic rings. The first-order valence-corrected chi connectivity index (χ1v) is 28.0. The number of para-hydroxylation sites is 1. The first-order chi connectivity index (χ1) is 42.6. The number of carbonyl (C=O) groups excluding carboxylic acids is 9. The van der Waals surface area contributed by atoms with E-state index in [9.17, 15) is 87.9 Å². The second-order valence-electron chi connectivity index (χ2n) is 21.3. The number of H-pyrrole nitrogens is 1. The quantitative estimate of drug-likeness (QED) is 0.0220. The number of aromatic amines is 1. The number of nitrogens with two attached hydrogens (primary N) is 1. The molecule has 0 aliphatic carbocycles. The standard InChI is InChI=1S/C60H71N11O19/c1-30(2)51(60(89)90)71-59(88)46(27-50(79)80)70-56(85)42(21-32-9-5-4-6-10-32)67-55(84)43(23-34-15-19-37(73)20-16-34)68-57(86)44(24-35-28-62-40-12-8-7-11-38(35)40)69-58(87)45(26-49(77)78)65-47(74)29-63-54(83)41(22-33-13-17-36(72)18-14-33)66-52(81)31(3)64-53(82)39(61)25-48(75)76/h4-20,28,30-31,39,41-46,51,62,72-73H,21-27,29,61H2,1-3H3,(H,63,83)(H,64,82)(H,65,74)(H,66,81)(H,67,84)(H,68,86)(H,69,87)(H,70,85)(H,71,88)(H,75,76)(H,77,78)(H,79,80)(H,89,90)/t31-,39-,41-,42-,43-,44-,45-,46-,51-/m0/s1. The summed E-state index contributed by atoms with van der Waals surface area (Å²) in [5.74, 6) is -16.8. The highest BCUT2D eigenvalue weighted by molar-refractivity contribution is 6.00. The van der Waals surface area contributed by atoms with E-state index in [1.165, 1.54) is 75.5 Å². The normalized spacial score (nSPS) is 14.0. The van der Waals surface area contributed by atoms with Crippen molar-refractivity contribution in [2.45, 2.75) is 120 Å². The molecule has 5 aromatic rings. The number of nitrogens with one attached hydrogen (secondary N) is 10. The van der Waals surface area contributed by atoms with Gasteiger partial charge in [0.1, 0.15) is 59.8 Å². The van der Waals surface area contributed by atoms with Crippen LogP contribution in [-0.2, 0) is 88.0 Å². The Kier molecular flexibility index (Phi) is 25.8. The maximum atomic E-state index is 14.9. The number of hydrogen-bond donors (Lipinski definition) is 17. The third-order valence-electron chi connectivity index (χ3n) is 13.8. The van der Waals surface area contributed by atoms with E-state index < -0.39 is 163 Å². The zero-order valence-electron chi connectivity index (χ0n) is 48.9. The maximum Gasteiger partial charge on any atom is 0.326 e. The van der Waals surface area contributed by atoms with Crippen molar-refractivity contribution < 1.29 is 93.0 Å². The summed E-state index contributed by atoms with van der Waals surface area (Å²) in [5.41, 5.74) is 7.79. The molecule has 4 aromatic carbocycles. The second-order valence-corrected chi connectivity index (χ2v) is 21.3. The monoisotopic (exact) mass is 1250 g/mol. The van der Waals surface area contributed by atoms with Gasteiger partial charge < -0.3 is 89.2 Å². The number of fused-ring (bicyclic) bond motifs is 1. The number of carboxylic acid groups (broad SMARTS) is 4. The number of hydrogen-bond acceptors (Lipinski definition) is 16. The predicted octanol–water partition coefficient (Wildman–Crippen LogP) is -1.64. The lowest BCUT2D eigenvalue weighted by atomic mass is 10.00. The van der Waals surface area contributed by atoms with Gasteiger partial charge in [0.25, 0.3) is 0 Å². The summed E-state index contributed by atoms with van der Waals surface area (Å²) >= 11 is 0. The minimum absolute atomic E-state index is 0.135. The van der Waals surface area contributed by atoms with Crippen LogP contribution in [0.3, 0.4) is 0 Å². The van der Waals surface area contributed by atoms with Gasteiger partial charge in [-0.15, -0.1) is 0 Å². The lowest BCUT2D eigenvalue weighted by Gasteiger charge is -2.28. The molecule has 0 radical (unpaired) electrons. The number of phenols is 2. The fourth-order valence-electron chi connectivity index (χ4n) is 9.07. The minimum Gasteiger partial charge on any atom is -0.508 e. The number of aliphatic carboxylic acids is 4. The molecule has 1 heterocycles. The van der Waals surface area contributed by atoms with Crippen LogP contribution in [0.4, 0.5) is 0 Å². The number of benzene rings is 4. The summed E-state index contributed by atoms with van der Waals surface area (Å²) in [4.78, 5) is 175. The van der Waals surface area contributed by atoms with Gasteiger partial charge in [-0.1, -0.05) is 86.6 Å². The molecule has 1 aromatic heterocycles. The number of amides is 9. The Morgan fingerprint density at radius 3 is 1.33 bits per heavy atom. The molecular weight excluding hydrogens is 1180 g/mol. The van der Waals surface area contributed by atoms with E-state index in [4.69, 9.17) is 10.8 Å². The van der Waals surface area contributed by atoms with E-state index in [-0.39, 0.29) is 37.2 Å². The number of aromatic nitrogens is 1. The van der Waals surface area contributed by atoms with Gasteiger partial charge in [0.05, 0.1) is 31.8 Å². The molecule has 0 bridgehead atoms.